The van der Waals surface area contributed by atoms with Gasteiger partial charge in [0.1, 0.15) is 11.9 Å². The van der Waals surface area contributed by atoms with Crippen molar-refractivity contribution in [1.29, 1.82) is 0 Å². The minimum absolute atomic E-state index is 0.110. The van der Waals surface area contributed by atoms with Gasteiger partial charge in [-0.1, -0.05) is 30.3 Å². The predicted octanol–water partition coefficient (Wildman–Crippen LogP) is 5.92. The van der Waals surface area contributed by atoms with Gasteiger partial charge in [0.05, 0.1) is 0 Å². The van der Waals surface area contributed by atoms with E-state index < -0.39 is 0 Å². The molecular formula is C28H27NO4S. The maximum Gasteiger partial charge on any atom is 0.254 e. The number of rotatable bonds is 6. The molecule has 3 aromatic carbocycles. The summed E-state index contributed by atoms with van der Waals surface area (Å²) in [5.41, 5.74) is 2.00. The van der Waals surface area contributed by atoms with E-state index in [0.717, 1.165) is 54.2 Å². The Kier molecular flexibility index (Phi) is 5.83. The van der Waals surface area contributed by atoms with Crippen LogP contribution < -0.4 is 14.2 Å². The quantitative estimate of drug-likeness (QED) is 0.416. The van der Waals surface area contributed by atoms with Crippen LogP contribution in [-0.4, -0.2) is 35.8 Å². The van der Waals surface area contributed by atoms with Crippen molar-refractivity contribution in [1.82, 2.24) is 4.90 Å². The second-order valence-corrected chi connectivity index (χ2v) is 10.2. The highest BCUT2D eigenvalue weighted by molar-refractivity contribution is 7.98. The number of nitrogens with zero attached hydrogens (tertiary/aromatic N) is 1. The van der Waals surface area contributed by atoms with Gasteiger partial charge in [-0.3, -0.25) is 4.79 Å². The lowest BCUT2D eigenvalue weighted by molar-refractivity contribution is 0.0358. The first-order valence-corrected chi connectivity index (χ1v) is 12.9. The minimum atomic E-state index is 0.110. The molecule has 174 valence electrons. The van der Waals surface area contributed by atoms with Crippen molar-refractivity contribution in [2.45, 2.75) is 54.5 Å². The number of ether oxygens (including phenoxy) is 3. The molecule has 3 aromatic rings. The minimum Gasteiger partial charge on any atom is -0.490 e. The van der Waals surface area contributed by atoms with E-state index in [1.165, 1.54) is 10.5 Å². The number of piperidine rings is 1. The van der Waals surface area contributed by atoms with E-state index in [-0.39, 0.29) is 30.9 Å². The van der Waals surface area contributed by atoms with Crippen LogP contribution in [0.3, 0.4) is 0 Å². The average molecular weight is 474 g/mol. The van der Waals surface area contributed by atoms with Crippen LogP contribution in [0.5, 0.6) is 17.2 Å². The smallest absolute Gasteiger partial charge is 0.254 e. The molecule has 6 heteroatoms. The predicted molar refractivity (Wildman–Crippen MR) is 132 cm³/mol. The Morgan fingerprint density at radius 3 is 2.41 bits per heavy atom. The summed E-state index contributed by atoms with van der Waals surface area (Å²) in [6.45, 7) is 0.260. The van der Waals surface area contributed by atoms with Crippen molar-refractivity contribution in [3.05, 3.63) is 83.9 Å². The van der Waals surface area contributed by atoms with Gasteiger partial charge in [0.2, 0.25) is 6.79 Å². The van der Waals surface area contributed by atoms with Gasteiger partial charge in [0, 0.05) is 47.2 Å². The summed E-state index contributed by atoms with van der Waals surface area (Å²) in [5, 5.41) is 0. The molecule has 6 rings (SSSR count). The highest BCUT2D eigenvalue weighted by Gasteiger charge is 2.44. The molecule has 2 bridgehead atoms. The maximum absolute atomic E-state index is 13.4. The van der Waals surface area contributed by atoms with E-state index >= 15 is 0 Å². The highest BCUT2D eigenvalue weighted by atomic mass is 32.2. The number of carbonyl (C=O) groups is 1. The molecule has 0 aliphatic carbocycles. The zero-order valence-corrected chi connectivity index (χ0v) is 19.7. The summed E-state index contributed by atoms with van der Waals surface area (Å²) in [4.78, 5) is 16.8. The number of amides is 1. The number of benzene rings is 3. The fraction of sp³-hybridized carbons (Fsp3) is 0.321. The standard InChI is InChI=1S/C28H27NO4S/c30-28(20-8-6-19(7-9-20)17-34-25-4-2-1-3-5-25)29-21-10-11-22(29)15-24(14-21)33-23-12-13-26-27(16-23)32-18-31-26/h1-9,12-13,16,21-22,24H,10-11,14-15,17-18H2. The Labute approximate surface area is 204 Å². The SMILES string of the molecule is O=C(c1ccc(CSc2ccccc2)cc1)N1C2CCC1CC(Oc1ccc3c(c1)OCO3)C2. The molecule has 2 unspecified atom stereocenters. The van der Waals surface area contributed by atoms with Crippen LogP contribution in [-0.2, 0) is 5.75 Å². The van der Waals surface area contributed by atoms with Gasteiger partial charge in [-0.2, -0.15) is 0 Å². The molecule has 34 heavy (non-hydrogen) atoms. The summed E-state index contributed by atoms with van der Waals surface area (Å²) in [6, 6.07) is 24.7. The number of hydrogen-bond acceptors (Lipinski definition) is 5. The summed E-state index contributed by atoms with van der Waals surface area (Å²) in [6.07, 6.45) is 3.93. The first-order chi connectivity index (χ1) is 16.7. The van der Waals surface area contributed by atoms with Crippen molar-refractivity contribution >= 4 is 17.7 Å². The fourth-order valence-electron chi connectivity index (χ4n) is 5.27. The van der Waals surface area contributed by atoms with Gasteiger partial charge >= 0.3 is 0 Å². The molecule has 1 amide bonds. The van der Waals surface area contributed by atoms with Crippen molar-refractivity contribution < 1.29 is 19.0 Å². The van der Waals surface area contributed by atoms with Crippen molar-refractivity contribution in [2.24, 2.45) is 0 Å². The molecule has 0 saturated carbocycles. The molecule has 3 aliphatic rings. The first kappa shape index (κ1) is 21.4. The van der Waals surface area contributed by atoms with E-state index in [4.69, 9.17) is 14.2 Å². The van der Waals surface area contributed by atoms with E-state index in [0.29, 0.717) is 0 Å². The van der Waals surface area contributed by atoms with Gasteiger partial charge in [-0.05, 0) is 54.8 Å². The van der Waals surface area contributed by atoms with E-state index in [1.54, 1.807) is 0 Å². The third kappa shape index (κ3) is 4.34. The highest BCUT2D eigenvalue weighted by Crippen LogP contribution is 2.40. The van der Waals surface area contributed by atoms with Crippen LogP contribution in [0.1, 0.15) is 41.6 Å². The van der Waals surface area contributed by atoms with Crippen LogP contribution >= 0.6 is 11.8 Å². The third-order valence-corrected chi connectivity index (χ3v) is 8.00. The van der Waals surface area contributed by atoms with E-state index in [2.05, 4.69) is 41.3 Å². The molecule has 0 N–H and O–H groups in total. The number of carbonyl (C=O) groups excluding carboxylic acids is 1. The second kappa shape index (κ2) is 9.26. The summed E-state index contributed by atoms with van der Waals surface area (Å²) >= 11 is 1.81. The van der Waals surface area contributed by atoms with Gasteiger partial charge in [-0.15, -0.1) is 11.8 Å². The summed E-state index contributed by atoms with van der Waals surface area (Å²) < 4.78 is 17.2. The molecule has 2 saturated heterocycles. The lowest BCUT2D eigenvalue weighted by Gasteiger charge is -2.39. The normalized spacial score (nSPS) is 22.6. The fourth-order valence-corrected chi connectivity index (χ4v) is 6.15. The molecule has 3 heterocycles. The molecule has 2 fully saturated rings. The molecular weight excluding hydrogens is 446 g/mol. The molecule has 3 aliphatic heterocycles. The van der Waals surface area contributed by atoms with Gasteiger partial charge in [0.25, 0.3) is 5.91 Å². The number of fused-ring (bicyclic) bond motifs is 3. The summed E-state index contributed by atoms with van der Waals surface area (Å²) in [5.74, 6) is 3.34. The Bertz CT molecular complexity index is 1150. The van der Waals surface area contributed by atoms with Crippen molar-refractivity contribution in [3.8, 4) is 17.2 Å². The van der Waals surface area contributed by atoms with Crippen LogP contribution in [0.15, 0.2) is 77.7 Å². The first-order valence-electron chi connectivity index (χ1n) is 11.9. The van der Waals surface area contributed by atoms with Crippen LogP contribution in [0, 0.1) is 0 Å². The van der Waals surface area contributed by atoms with E-state index in [1.807, 2.05) is 48.2 Å². The van der Waals surface area contributed by atoms with Crippen molar-refractivity contribution in [3.63, 3.8) is 0 Å². The Morgan fingerprint density at radius 1 is 0.912 bits per heavy atom. The van der Waals surface area contributed by atoms with Crippen molar-refractivity contribution in [2.75, 3.05) is 6.79 Å². The second-order valence-electron chi connectivity index (χ2n) is 9.12. The Morgan fingerprint density at radius 2 is 1.65 bits per heavy atom. The van der Waals surface area contributed by atoms with Crippen LogP contribution in [0.4, 0.5) is 0 Å². The lowest BCUT2D eigenvalue weighted by atomic mass is 9.98. The van der Waals surface area contributed by atoms with Crippen LogP contribution in [0.25, 0.3) is 0 Å². The maximum atomic E-state index is 13.4. The monoisotopic (exact) mass is 473 g/mol. The number of hydrogen-bond donors (Lipinski definition) is 0. The number of thioether (sulfide) groups is 1. The topological polar surface area (TPSA) is 48.0 Å². The molecule has 0 aromatic heterocycles. The molecule has 5 nitrogen and oxygen atoms in total. The molecule has 0 radical (unpaired) electrons. The zero-order chi connectivity index (χ0) is 22.9. The van der Waals surface area contributed by atoms with Crippen LogP contribution in [0.2, 0.25) is 0 Å². The van der Waals surface area contributed by atoms with Gasteiger partial charge < -0.3 is 19.1 Å². The Hall–Kier alpha value is -3.12. The zero-order valence-electron chi connectivity index (χ0n) is 18.9. The van der Waals surface area contributed by atoms with Gasteiger partial charge in [-0.25, -0.2) is 0 Å². The summed E-state index contributed by atoms with van der Waals surface area (Å²) in [7, 11) is 0. The molecule has 0 spiro atoms. The molecule has 2 atom stereocenters. The lowest BCUT2D eigenvalue weighted by Crippen LogP contribution is -2.49. The van der Waals surface area contributed by atoms with E-state index in [9.17, 15) is 4.79 Å². The average Bonchev–Trinajstić information content (AvgIpc) is 3.45. The third-order valence-electron chi connectivity index (χ3n) is 6.92. The largest absolute Gasteiger partial charge is 0.490 e. The van der Waals surface area contributed by atoms with Gasteiger partial charge in [0.15, 0.2) is 11.5 Å². The Balaban J connectivity index is 1.08.